The van der Waals surface area contributed by atoms with Crippen molar-refractivity contribution in [2.24, 2.45) is 17.6 Å². The number of likely N-dealkylation sites (tertiary alicyclic amines) is 1. The van der Waals surface area contributed by atoms with Crippen LogP contribution in [0, 0.1) is 11.8 Å². The summed E-state index contributed by atoms with van der Waals surface area (Å²) in [6, 6.07) is 0.876. The van der Waals surface area contributed by atoms with Gasteiger partial charge in [0.25, 0.3) is 0 Å². The largest absolute Gasteiger partial charge is 0.339 e. The number of nitrogens with two attached hydrogens (primary N) is 1. The molecule has 0 aromatic rings. The maximum absolute atomic E-state index is 11.7. The van der Waals surface area contributed by atoms with Gasteiger partial charge in [-0.1, -0.05) is 0 Å². The molecule has 2 saturated carbocycles. The lowest BCUT2D eigenvalue weighted by Crippen LogP contribution is -2.35. The highest BCUT2D eigenvalue weighted by atomic mass is 16.2. The molecule has 1 saturated heterocycles. The van der Waals surface area contributed by atoms with Gasteiger partial charge in [-0.25, -0.2) is 0 Å². The van der Waals surface area contributed by atoms with Crippen LogP contribution in [0.25, 0.3) is 0 Å². The Morgan fingerprint density at radius 2 is 1.93 bits per heavy atom. The molecule has 3 nitrogen and oxygen atoms in total. The number of rotatable bonds is 3. The SMILES string of the molecule is NC(C1CC1)C1CC(=O)N(C2CC2)C1. The molecule has 3 aliphatic rings. The third kappa shape index (κ3) is 1.44. The lowest BCUT2D eigenvalue weighted by Gasteiger charge is -2.19. The Bertz CT molecular complexity index is 258. The minimum absolute atomic E-state index is 0.294. The van der Waals surface area contributed by atoms with Gasteiger partial charge in [0.1, 0.15) is 0 Å². The summed E-state index contributed by atoms with van der Waals surface area (Å²) in [4.78, 5) is 13.8. The highest BCUT2D eigenvalue weighted by Crippen LogP contribution is 2.39. The smallest absolute Gasteiger partial charge is 0.223 e. The molecule has 14 heavy (non-hydrogen) atoms. The van der Waals surface area contributed by atoms with Crippen LogP contribution in [0.4, 0.5) is 0 Å². The molecule has 3 fully saturated rings. The molecule has 3 rings (SSSR count). The van der Waals surface area contributed by atoms with Gasteiger partial charge in [-0.15, -0.1) is 0 Å². The van der Waals surface area contributed by atoms with Crippen LogP contribution in [0.3, 0.4) is 0 Å². The van der Waals surface area contributed by atoms with Gasteiger partial charge in [0.15, 0.2) is 0 Å². The fourth-order valence-electron chi connectivity index (χ4n) is 2.62. The second kappa shape index (κ2) is 2.96. The van der Waals surface area contributed by atoms with Gasteiger partial charge in [-0.2, -0.15) is 0 Å². The molecule has 2 aliphatic carbocycles. The maximum Gasteiger partial charge on any atom is 0.223 e. The van der Waals surface area contributed by atoms with Crippen LogP contribution in [-0.4, -0.2) is 29.4 Å². The van der Waals surface area contributed by atoms with Crippen molar-refractivity contribution in [2.45, 2.75) is 44.2 Å². The summed E-state index contributed by atoms with van der Waals surface area (Å²) >= 11 is 0. The van der Waals surface area contributed by atoms with Gasteiger partial charge in [0.2, 0.25) is 5.91 Å². The van der Waals surface area contributed by atoms with Crippen molar-refractivity contribution in [1.29, 1.82) is 0 Å². The summed E-state index contributed by atoms with van der Waals surface area (Å²) in [5.41, 5.74) is 6.15. The Morgan fingerprint density at radius 3 is 2.50 bits per heavy atom. The Kier molecular flexibility index (Phi) is 1.84. The summed E-state index contributed by atoms with van der Waals surface area (Å²) < 4.78 is 0. The van der Waals surface area contributed by atoms with Crippen molar-refractivity contribution in [3.05, 3.63) is 0 Å². The van der Waals surface area contributed by atoms with Crippen LogP contribution in [0.5, 0.6) is 0 Å². The van der Waals surface area contributed by atoms with Crippen molar-refractivity contribution >= 4 is 5.91 Å². The lowest BCUT2D eigenvalue weighted by molar-refractivity contribution is -0.128. The first-order valence-corrected chi connectivity index (χ1v) is 5.81. The Balaban J connectivity index is 1.63. The molecule has 0 aromatic carbocycles. The average Bonchev–Trinajstić information content (AvgIpc) is 3.03. The van der Waals surface area contributed by atoms with E-state index in [1.54, 1.807) is 0 Å². The molecule has 1 amide bonds. The normalized spacial score (nSPS) is 35.1. The van der Waals surface area contributed by atoms with Crippen molar-refractivity contribution in [1.82, 2.24) is 4.90 Å². The van der Waals surface area contributed by atoms with E-state index in [4.69, 9.17) is 5.73 Å². The molecule has 3 heteroatoms. The van der Waals surface area contributed by atoms with E-state index >= 15 is 0 Å². The minimum atomic E-state index is 0.294. The predicted octanol–water partition coefficient (Wildman–Crippen LogP) is 0.735. The van der Waals surface area contributed by atoms with E-state index in [-0.39, 0.29) is 0 Å². The Morgan fingerprint density at radius 1 is 1.21 bits per heavy atom. The van der Waals surface area contributed by atoms with Gasteiger partial charge in [0, 0.05) is 31.0 Å². The van der Waals surface area contributed by atoms with Crippen LogP contribution in [-0.2, 0) is 4.79 Å². The van der Waals surface area contributed by atoms with Gasteiger partial charge < -0.3 is 10.6 Å². The van der Waals surface area contributed by atoms with Crippen molar-refractivity contribution in [3.63, 3.8) is 0 Å². The Hall–Kier alpha value is -0.570. The monoisotopic (exact) mass is 194 g/mol. The number of carbonyl (C=O) groups excluding carboxylic acids is 1. The molecule has 2 atom stereocenters. The third-order valence-electron chi connectivity index (χ3n) is 3.89. The third-order valence-corrected chi connectivity index (χ3v) is 3.89. The first-order chi connectivity index (χ1) is 6.75. The van der Waals surface area contributed by atoms with Crippen molar-refractivity contribution in [2.75, 3.05) is 6.54 Å². The van der Waals surface area contributed by atoms with E-state index in [0.717, 1.165) is 12.5 Å². The molecule has 78 valence electrons. The van der Waals surface area contributed by atoms with Crippen LogP contribution in [0.2, 0.25) is 0 Å². The second-order valence-corrected chi connectivity index (χ2v) is 5.16. The molecule has 2 N–H and O–H groups in total. The van der Waals surface area contributed by atoms with E-state index in [2.05, 4.69) is 4.90 Å². The maximum atomic E-state index is 11.7. The van der Waals surface area contributed by atoms with E-state index in [1.807, 2.05) is 0 Å². The van der Waals surface area contributed by atoms with E-state index in [9.17, 15) is 4.79 Å². The van der Waals surface area contributed by atoms with Gasteiger partial charge in [-0.05, 0) is 31.6 Å². The minimum Gasteiger partial charge on any atom is -0.339 e. The summed E-state index contributed by atoms with van der Waals surface area (Å²) in [6.07, 6.45) is 5.73. The number of amides is 1. The zero-order valence-corrected chi connectivity index (χ0v) is 8.48. The number of hydrogen-bond acceptors (Lipinski definition) is 2. The number of nitrogens with zero attached hydrogens (tertiary/aromatic N) is 1. The molecule has 1 aliphatic heterocycles. The van der Waals surface area contributed by atoms with Gasteiger partial charge in [-0.3, -0.25) is 4.79 Å². The molecule has 2 unspecified atom stereocenters. The molecule has 0 radical (unpaired) electrons. The van der Waals surface area contributed by atoms with Crippen LogP contribution < -0.4 is 5.73 Å². The van der Waals surface area contributed by atoms with Crippen LogP contribution in [0.1, 0.15) is 32.1 Å². The average molecular weight is 194 g/mol. The fraction of sp³-hybridized carbons (Fsp3) is 0.909. The summed E-state index contributed by atoms with van der Waals surface area (Å²) in [7, 11) is 0. The summed E-state index contributed by atoms with van der Waals surface area (Å²) in [5, 5.41) is 0. The van der Waals surface area contributed by atoms with E-state index < -0.39 is 0 Å². The summed E-state index contributed by atoms with van der Waals surface area (Å²) in [5.74, 6) is 1.54. The van der Waals surface area contributed by atoms with Gasteiger partial charge in [0.05, 0.1) is 0 Å². The zero-order valence-electron chi connectivity index (χ0n) is 8.48. The lowest BCUT2D eigenvalue weighted by atomic mass is 9.96. The Labute approximate surface area is 84.6 Å². The molecule has 0 bridgehead atoms. The molecular formula is C11H18N2O. The van der Waals surface area contributed by atoms with Gasteiger partial charge >= 0.3 is 0 Å². The fourth-order valence-corrected chi connectivity index (χ4v) is 2.62. The molecular weight excluding hydrogens is 176 g/mol. The van der Waals surface area contributed by atoms with Crippen LogP contribution in [0.15, 0.2) is 0 Å². The van der Waals surface area contributed by atoms with E-state index in [0.29, 0.717) is 30.3 Å². The van der Waals surface area contributed by atoms with Crippen molar-refractivity contribution in [3.8, 4) is 0 Å². The molecule has 0 spiro atoms. The standard InChI is InChI=1S/C11H18N2O/c12-11(7-1-2-7)8-5-10(14)13(6-8)9-3-4-9/h7-9,11H,1-6,12H2. The first kappa shape index (κ1) is 8.72. The highest BCUT2D eigenvalue weighted by molar-refractivity contribution is 5.79. The predicted molar refractivity (Wildman–Crippen MR) is 53.5 cm³/mol. The molecule has 0 aromatic heterocycles. The topological polar surface area (TPSA) is 46.3 Å². The number of hydrogen-bond donors (Lipinski definition) is 1. The zero-order chi connectivity index (χ0) is 9.71. The van der Waals surface area contributed by atoms with Crippen LogP contribution >= 0.6 is 0 Å². The quantitative estimate of drug-likeness (QED) is 0.720. The van der Waals surface area contributed by atoms with Crippen molar-refractivity contribution < 1.29 is 4.79 Å². The number of carbonyl (C=O) groups is 1. The second-order valence-electron chi connectivity index (χ2n) is 5.16. The van der Waals surface area contributed by atoms with E-state index in [1.165, 1.54) is 25.7 Å². The first-order valence-electron chi connectivity index (χ1n) is 5.81. The molecule has 1 heterocycles. The highest BCUT2D eigenvalue weighted by Gasteiger charge is 2.44. The summed E-state index contributed by atoms with van der Waals surface area (Å²) in [6.45, 7) is 0.946.